The number of nitrogens with zero attached hydrogens (tertiary/aromatic N) is 1. The molecule has 0 aliphatic rings. The van der Waals surface area contributed by atoms with Crippen LogP contribution < -0.4 is 15.8 Å². The van der Waals surface area contributed by atoms with Gasteiger partial charge in [0.25, 0.3) is 0 Å². The molecule has 0 aliphatic carbocycles. The lowest BCUT2D eigenvalue weighted by Crippen LogP contribution is -2.27. The third-order valence-corrected chi connectivity index (χ3v) is 5.08. The summed E-state index contributed by atoms with van der Waals surface area (Å²) in [5.74, 6) is 0.563. The lowest BCUT2D eigenvalue weighted by molar-refractivity contribution is 0.560. The van der Waals surface area contributed by atoms with E-state index in [9.17, 15) is 8.42 Å². The second kappa shape index (κ2) is 10.6. The Bertz CT molecular complexity index is 866. The number of hydrogen-bond acceptors (Lipinski definition) is 3. The number of sulfonamides is 1. The second-order valence-corrected chi connectivity index (χ2v) is 8.35. The van der Waals surface area contributed by atoms with Gasteiger partial charge >= 0.3 is 0 Å². The van der Waals surface area contributed by atoms with Crippen molar-refractivity contribution in [3.05, 3.63) is 59.7 Å². The minimum absolute atomic E-state index is 0. The van der Waals surface area contributed by atoms with Crippen LogP contribution in [0.1, 0.15) is 25.0 Å². The van der Waals surface area contributed by atoms with Crippen LogP contribution in [0.15, 0.2) is 58.4 Å². The van der Waals surface area contributed by atoms with Crippen molar-refractivity contribution in [2.75, 3.05) is 11.9 Å². The third-order valence-electron chi connectivity index (χ3n) is 3.64. The first kappa shape index (κ1) is 23.4. The van der Waals surface area contributed by atoms with E-state index in [0.29, 0.717) is 19.0 Å². The lowest BCUT2D eigenvalue weighted by Gasteiger charge is -2.09. The van der Waals surface area contributed by atoms with Crippen molar-refractivity contribution >= 4 is 45.6 Å². The quantitative estimate of drug-likeness (QED) is 0.307. The van der Waals surface area contributed by atoms with Crippen LogP contribution in [0.3, 0.4) is 0 Å². The molecule has 0 saturated heterocycles. The van der Waals surface area contributed by atoms with Crippen molar-refractivity contribution in [1.29, 1.82) is 0 Å². The van der Waals surface area contributed by atoms with Crippen molar-refractivity contribution < 1.29 is 8.42 Å². The van der Waals surface area contributed by atoms with Crippen molar-refractivity contribution in [2.45, 2.75) is 32.2 Å². The summed E-state index contributed by atoms with van der Waals surface area (Å²) in [5.41, 5.74) is 8.79. The van der Waals surface area contributed by atoms with E-state index < -0.39 is 10.0 Å². The van der Waals surface area contributed by atoms with E-state index in [1.807, 2.05) is 45.0 Å². The van der Waals surface area contributed by atoms with E-state index in [2.05, 4.69) is 15.0 Å². The molecule has 0 unspecified atom stereocenters. The first-order valence-corrected chi connectivity index (χ1v) is 9.97. The summed E-state index contributed by atoms with van der Waals surface area (Å²) in [5, 5.41) is 3.04. The highest BCUT2D eigenvalue weighted by atomic mass is 127. The zero-order valence-electron chi connectivity index (χ0n) is 15.8. The van der Waals surface area contributed by atoms with E-state index in [-0.39, 0.29) is 34.8 Å². The number of halogens is 1. The molecule has 0 saturated carbocycles. The molecule has 0 bridgehead atoms. The first-order chi connectivity index (χ1) is 12.3. The maximum atomic E-state index is 12.2. The van der Waals surface area contributed by atoms with E-state index >= 15 is 0 Å². The molecule has 2 aromatic carbocycles. The number of rotatable bonds is 7. The van der Waals surface area contributed by atoms with Crippen molar-refractivity contribution in [3.8, 4) is 0 Å². The lowest BCUT2D eigenvalue weighted by atomic mass is 10.2. The topological polar surface area (TPSA) is 96.6 Å². The average molecular weight is 502 g/mol. The Morgan fingerprint density at radius 2 is 1.81 bits per heavy atom. The van der Waals surface area contributed by atoms with Crippen LogP contribution in [0.25, 0.3) is 0 Å². The van der Waals surface area contributed by atoms with Gasteiger partial charge in [0.1, 0.15) is 0 Å². The molecule has 0 fully saturated rings. The van der Waals surface area contributed by atoms with Gasteiger partial charge in [-0.15, -0.1) is 24.0 Å². The fraction of sp³-hybridized carbons (Fsp3) is 0.316. The molecule has 2 aromatic rings. The number of benzene rings is 2. The summed E-state index contributed by atoms with van der Waals surface area (Å²) < 4.78 is 26.9. The van der Waals surface area contributed by atoms with Gasteiger partial charge in [-0.1, -0.05) is 38.1 Å². The van der Waals surface area contributed by atoms with Gasteiger partial charge in [-0.25, -0.2) is 18.1 Å². The highest BCUT2D eigenvalue weighted by Gasteiger charge is 2.13. The zero-order valence-corrected chi connectivity index (χ0v) is 18.9. The number of hydrogen-bond donors (Lipinski definition) is 3. The summed E-state index contributed by atoms with van der Waals surface area (Å²) in [6.45, 7) is 6.70. The van der Waals surface area contributed by atoms with Gasteiger partial charge in [-0.3, -0.25) is 0 Å². The fourth-order valence-electron chi connectivity index (χ4n) is 2.22. The van der Waals surface area contributed by atoms with Crippen molar-refractivity contribution in [1.82, 2.24) is 4.72 Å². The van der Waals surface area contributed by atoms with Gasteiger partial charge < -0.3 is 11.1 Å². The largest absolute Gasteiger partial charge is 0.370 e. The molecule has 4 N–H and O–H groups in total. The Morgan fingerprint density at radius 3 is 2.41 bits per heavy atom. The number of nitrogens with one attached hydrogen (secondary N) is 2. The summed E-state index contributed by atoms with van der Waals surface area (Å²) >= 11 is 0. The molecule has 0 atom stereocenters. The number of nitrogens with two attached hydrogens (primary N) is 1. The van der Waals surface area contributed by atoms with Crippen molar-refractivity contribution in [3.63, 3.8) is 0 Å². The van der Waals surface area contributed by atoms with Crippen LogP contribution >= 0.6 is 24.0 Å². The molecule has 0 amide bonds. The van der Waals surface area contributed by atoms with Crippen LogP contribution in [0.4, 0.5) is 5.69 Å². The Kier molecular flexibility index (Phi) is 9.20. The van der Waals surface area contributed by atoms with Crippen LogP contribution in [-0.4, -0.2) is 20.9 Å². The monoisotopic (exact) mass is 502 g/mol. The molecular weight excluding hydrogens is 475 g/mol. The molecule has 0 aromatic heterocycles. The van der Waals surface area contributed by atoms with Crippen LogP contribution in [0.5, 0.6) is 0 Å². The number of aliphatic imine (C=N–C) groups is 1. The molecular formula is C19H27IN4O2S. The number of anilines is 1. The molecule has 27 heavy (non-hydrogen) atoms. The van der Waals surface area contributed by atoms with Crippen LogP contribution in [0.2, 0.25) is 0 Å². The molecule has 8 heteroatoms. The third kappa shape index (κ3) is 7.86. The zero-order chi connectivity index (χ0) is 19.2. The summed E-state index contributed by atoms with van der Waals surface area (Å²) in [4.78, 5) is 4.54. The standard InChI is InChI=1S/C19H26N4O2S.HI/c1-14(2)12-22-26(24,25)18-9-7-16(8-10-18)13-21-19(20)23-17-6-4-5-15(3)11-17;/h4-11,14,22H,12-13H2,1-3H3,(H3,20,21,23);1H. The van der Waals surface area contributed by atoms with E-state index in [0.717, 1.165) is 16.8 Å². The van der Waals surface area contributed by atoms with E-state index in [1.54, 1.807) is 24.3 Å². The first-order valence-electron chi connectivity index (χ1n) is 8.48. The van der Waals surface area contributed by atoms with Gasteiger partial charge in [0, 0.05) is 12.2 Å². The van der Waals surface area contributed by atoms with Gasteiger partial charge in [0.05, 0.1) is 11.4 Å². The van der Waals surface area contributed by atoms with Gasteiger partial charge in [-0.05, 0) is 48.2 Å². The van der Waals surface area contributed by atoms with Gasteiger partial charge in [-0.2, -0.15) is 0 Å². The molecule has 2 rings (SSSR count). The van der Waals surface area contributed by atoms with E-state index in [1.165, 1.54) is 0 Å². The Hall–Kier alpha value is -1.65. The minimum atomic E-state index is -3.47. The normalized spacial score (nSPS) is 11.9. The summed E-state index contributed by atoms with van der Waals surface area (Å²) in [6, 6.07) is 14.5. The maximum Gasteiger partial charge on any atom is 0.240 e. The van der Waals surface area contributed by atoms with Crippen LogP contribution in [-0.2, 0) is 16.6 Å². The SMILES string of the molecule is Cc1cccc(NC(N)=NCc2ccc(S(=O)(=O)NCC(C)C)cc2)c1.I. The summed E-state index contributed by atoms with van der Waals surface area (Å²) in [6.07, 6.45) is 0. The van der Waals surface area contributed by atoms with Crippen LogP contribution in [0, 0.1) is 12.8 Å². The number of guanidine groups is 1. The predicted octanol–water partition coefficient (Wildman–Crippen LogP) is 3.47. The molecule has 0 spiro atoms. The second-order valence-electron chi connectivity index (χ2n) is 6.59. The number of aryl methyl sites for hydroxylation is 1. The summed E-state index contributed by atoms with van der Waals surface area (Å²) in [7, 11) is -3.47. The molecule has 148 valence electrons. The minimum Gasteiger partial charge on any atom is -0.370 e. The fourth-order valence-corrected chi connectivity index (χ4v) is 3.43. The molecule has 0 aliphatic heterocycles. The van der Waals surface area contributed by atoms with Gasteiger partial charge in [0.15, 0.2) is 5.96 Å². The average Bonchev–Trinajstić information content (AvgIpc) is 2.59. The predicted molar refractivity (Wildman–Crippen MR) is 122 cm³/mol. The molecule has 0 heterocycles. The molecule has 0 radical (unpaired) electrons. The smallest absolute Gasteiger partial charge is 0.240 e. The Labute approximate surface area is 178 Å². The van der Waals surface area contributed by atoms with Crippen molar-refractivity contribution in [2.24, 2.45) is 16.6 Å². The molecule has 6 nitrogen and oxygen atoms in total. The Balaban J connectivity index is 0.00000364. The maximum absolute atomic E-state index is 12.2. The highest BCUT2D eigenvalue weighted by Crippen LogP contribution is 2.12. The van der Waals surface area contributed by atoms with Gasteiger partial charge in [0.2, 0.25) is 10.0 Å². The highest BCUT2D eigenvalue weighted by molar-refractivity contribution is 14.0. The Morgan fingerprint density at radius 1 is 1.15 bits per heavy atom. The van der Waals surface area contributed by atoms with E-state index in [4.69, 9.17) is 5.73 Å².